The molecule has 0 bridgehead atoms. The molecule has 2 nitrogen and oxygen atoms in total. The summed E-state index contributed by atoms with van der Waals surface area (Å²) in [6.45, 7) is 1.95. The summed E-state index contributed by atoms with van der Waals surface area (Å²) in [5.41, 5.74) is 0.952. The Hall–Kier alpha value is -1.05. The third-order valence-electron chi connectivity index (χ3n) is 2.80. The Balaban J connectivity index is 1.92. The van der Waals surface area contributed by atoms with E-state index in [1.165, 1.54) is 32.1 Å². The van der Waals surface area contributed by atoms with Crippen molar-refractivity contribution >= 4 is 6.08 Å². The molecule has 0 spiro atoms. The van der Waals surface area contributed by atoms with Crippen molar-refractivity contribution in [2.24, 2.45) is 5.92 Å². The molecule has 1 saturated carbocycles. The third kappa shape index (κ3) is 2.47. The maximum Gasteiger partial charge on any atom is 0.218 e. The van der Waals surface area contributed by atoms with Crippen LogP contribution in [-0.4, -0.2) is 4.98 Å². The Morgan fingerprint density at radius 3 is 2.79 bits per heavy atom. The van der Waals surface area contributed by atoms with Gasteiger partial charge in [0, 0.05) is 0 Å². The highest BCUT2D eigenvalue weighted by molar-refractivity contribution is 5.38. The van der Waals surface area contributed by atoms with Gasteiger partial charge in [-0.1, -0.05) is 25.3 Å². The summed E-state index contributed by atoms with van der Waals surface area (Å²) in [6, 6.07) is 0. The fourth-order valence-corrected chi connectivity index (χ4v) is 1.99. The van der Waals surface area contributed by atoms with Gasteiger partial charge in [0.1, 0.15) is 6.26 Å². The highest BCUT2D eigenvalue weighted by atomic mass is 16.3. The lowest BCUT2D eigenvalue weighted by atomic mass is 9.89. The number of nitrogens with zero attached hydrogens (tertiary/aromatic N) is 1. The van der Waals surface area contributed by atoms with E-state index in [4.69, 9.17) is 4.42 Å². The Morgan fingerprint density at radius 2 is 2.14 bits per heavy atom. The largest absolute Gasteiger partial charge is 0.445 e. The maximum absolute atomic E-state index is 5.26. The van der Waals surface area contributed by atoms with Gasteiger partial charge in [0.15, 0.2) is 0 Å². The average molecular weight is 191 g/mol. The Kier molecular flexibility index (Phi) is 3.02. The van der Waals surface area contributed by atoms with Crippen LogP contribution in [0.2, 0.25) is 0 Å². The molecular weight excluding hydrogens is 174 g/mol. The number of hydrogen-bond donors (Lipinski definition) is 0. The number of rotatable bonds is 2. The van der Waals surface area contributed by atoms with Crippen LogP contribution in [0, 0.1) is 12.8 Å². The molecule has 0 unspecified atom stereocenters. The van der Waals surface area contributed by atoms with E-state index >= 15 is 0 Å². The van der Waals surface area contributed by atoms with Gasteiger partial charge in [0.25, 0.3) is 0 Å². The van der Waals surface area contributed by atoms with Gasteiger partial charge in [-0.25, -0.2) is 4.98 Å². The summed E-state index contributed by atoms with van der Waals surface area (Å²) in [6.07, 6.45) is 12.8. The van der Waals surface area contributed by atoms with E-state index in [2.05, 4.69) is 11.1 Å². The molecule has 0 radical (unpaired) electrons. The fourth-order valence-electron chi connectivity index (χ4n) is 1.99. The van der Waals surface area contributed by atoms with Crippen LogP contribution in [0.4, 0.5) is 0 Å². The summed E-state index contributed by atoms with van der Waals surface area (Å²) >= 11 is 0. The van der Waals surface area contributed by atoms with Crippen LogP contribution in [0.25, 0.3) is 6.08 Å². The second kappa shape index (κ2) is 4.45. The van der Waals surface area contributed by atoms with Gasteiger partial charge in [-0.15, -0.1) is 0 Å². The van der Waals surface area contributed by atoms with Crippen molar-refractivity contribution in [3.05, 3.63) is 23.9 Å². The van der Waals surface area contributed by atoms with Crippen LogP contribution >= 0.6 is 0 Å². The van der Waals surface area contributed by atoms with Gasteiger partial charge < -0.3 is 4.42 Å². The van der Waals surface area contributed by atoms with Crippen LogP contribution in [0.3, 0.4) is 0 Å². The van der Waals surface area contributed by atoms with Crippen molar-refractivity contribution in [1.82, 2.24) is 4.98 Å². The second-order valence-corrected chi connectivity index (χ2v) is 4.08. The van der Waals surface area contributed by atoms with E-state index in [9.17, 15) is 0 Å². The molecule has 2 heteroatoms. The average Bonchev–Trinajstić information content (AvgIpc) is 2.63. The molecular formula is C12H17NO. The number of oxazole rings is 1. The Morgan fingerprint density at radius 1 is 1.36 bits per heavy atom. The molecule has 76 valence electrons. The molecule has 0 aliphatic heterocycles. The monoisotopic (exact) mass is 191 g/mol. The van der Waals surface area contributed by atoms with Crippen molar-refractivity contribution < 1.29 is 4.42 Å². The quantitative estimate of drug-likeness (QED) is 0.714. The zero-order chi connectivity index (χ0) is 9.80. The Bertz CT molecular complexity index is 308. The van der Waals surface area contributed by atoms with Crippen LogP contribution in [-0.2, 0) is 0 Å². The zero-order valence-electron chi connectivity index (χ0n) is 8.70. The minimum Gasteiger partial charge on any atom is -0.445 e. The summed E-state index contributed by atoms with van der Waals surface area (Å²) in [5.74, 6) is 1.49. The SMILES string of the molecule is Cc1coc(/C=C/C2CCCCC2)n1. The summed E-state index contributed by atoms with van der Waals surface area (Å²) in [4.78, 5) is 4.24. The first-order chi connectivity index (χ1) is 6.84. The van der Waals surface area contributed by atoms with E-state index in [1.807, 2.05) is 13.0 Å². The Labute approximate surface area is 85.0 Å². The molecule has 0 aromatic carbocycles. The number of allylic oxidation sites excluding steroid dienone is 1. The molecule has 14 heavy (non-hydrogen) atoms. The molecule has 1 aromatic rings. The predicted octanol–water partition coefficient (Wildman–Crippen LogP) is 3.58. The zero-order valence-corrected chi connectivity index (χ0v) is 8.70. The van der Waals surface area contributed by atoms with Gasteiger partial charge in [-0.2, -0.15) is 0 Å². The fraction of sp³-hybridized carbons (Fsp3) is 0.583. The minimum absolute atomic E-state index is 0.744. The first kappa shape index (κ1) is 9.50. The first-order valence-electron chi connectivity index (χ1n) is 5.45. The van der Waals surface area contributed by atoms with Crippen LogP contribution < -0.4 is 0 Å². The van der Waals surface area contributed by atoms with Crippen molar-refractivity contribution in [2.45, 2.75) is 39.0 Å². The standard InChI is InChI=1S/C12H17NO/c1-10-9-14-12(13-10)8-7-11-5-3-2-4-6-11/h7-9,11H,2-6H2,1H3/b8-7+. The number of aryl methyl sites for hydroxylation is 1. The predicted molar refractivity (Wildman–Crippen MR) is 56.8 cm³/mol. The highest BCUT2D eigenvalue weighted by Crippen LogP contribution is 2.25. The minimum atomic E-state index is 0.744. The second-order valence-electron chi connectivity index (χ2n) is 4.08. The van der Waals surface area contributed by atoms with E-state index in [0.717, 1.165) is 17.5 Å². The van der Waals surface area contributed by atoms with E-state index < -0.39 is 0 Å². The normalized spacial score (nSPS) is 19.2. The molecule has 0 N–H and O–H groups in total. The van der Waals surface area contributed by atoms with E-state index in [1.54, 1.807) is 6.26 Å². The molecule has 1 aromatic heterocycles. The molecule has 1 aliphatic rings. The highest BCUT2D eigenvalue weighted by Gasteiger charge is 2.09. The van der Waals surface area contributed by atoms with Gasteiger partial charge in [-0.05, 0) is 31.8 Å². The van der Waals surface area contributed by atoms with Gasteiger partial charge in [-0.3, -0.25) is 0 Å². The molecule has 0 saturated heterocycles. The lowest BCUT2D eigenvalue weighted by Crippen LogP contribution is -2.02. The first-order valence-corrected chi connectivity index (χ1v) is 5.45. The molecule has 1 aliphatic carbocycles. The summed E-state index contributed by atoms with van der Waals surface area (Å²) in [7, 11) is 0. The van der Waals surface area contributed by atoms with E-state index in [-0.39, 0.29) is 0 Å². The van der Waals surface area contributed by atoms with E-state index in [0.29, 0.717) is 0 Å². The van der Waals surface area contributed by atoms with Crippen molar-refractivity contribution in [3.63, 3.8) is 0 Å². The van der Waals surface area contributed by atoms with Crippen LogP contribution in [0.15, 0.2) is 16.8 Å². The molecule has 0 amide bonds. The van der Waals surface area contributed by atoms with Gasteiger partial charge in [0.05, 0.1) is 5.69 Å². The maximum atomic E-state index is 5.26. The number of aromatic nitrogens is 1. The lowest BCUT2D eigenvalue weighted by Gasteiger charge is -2.17. The van der Waals surface area contributed by atoms with Gasteiger partial charge in [0.2, 0.25) is 5.89 Å². The molecule has 2 rings (SSSR count). The molecule has 1 heterocycles. The number of hydrogen-bond acceptors (Lipinski definition) is 2. The summed E-state index contributed by atoms with van der Waals surface area (Å²) < 4.78 is 5.26. The van der Waals surface area contributed by atoms with Crippen LogP contribution in [0.1, 0.15) is 43.7 Å². The topological polar surface area (TPSA) is 26.0 Å². The lowest BCUT2D eigenvalue weighted by molar-refractivity contribution is 0.420. The smallest absolute Gasteiger partial charge is 0.218 e. The van der Waals surface area contributed by atoms with Gasteiger partial charge >= 0.3 is 0 Å². The van der Waals surface area contributed by atoms with Crippen LogP contribution in [0.5, 0.6) is 0 Å². The molecule has 0 atom stereocenters. The molecule has 1 fully saturated rings. The van der Waals surface area contributed by atoms with Crippen molar-refractivity contribution in [2.75, 3.05) is 0 Å². The van der Waals surface area contributed by atoms with Crippen molar-refractivity contribution in [3.8, 4) is 0 Å². The third-order valence-corrected chi connectivity index (χ3v) is 2.80. The van der Waals surface area contributed by atoms with Crippen molar-refractivity contribution in [1.29, 1.82) is 0 Å². The summed E-state index contributed by atoms with van der Waals surface area (Å²) in [5, 5.41) is 0.